The maximum absolute atomic E-state index is 13.0. The molecule has 3 aliphatic rings. The van der Waals surface area contributed by atoms with Crippen LogP contribution in [0.1, 0.15) is 45.9 Å². The van der Waals surface area contributed by atoms with Gasteiger partial charge in [-0.25, -0.2) is 9.59 Å². The molecule has 7 heteroatoms. The lowest BCUT2D eigenvalue weighted by Crippen LogP contribution is -2.52. The summed E-state index contributed by atoms with van der Waals surface area (Å²) in [5, 5.41) is 3.10. The van der Waals surface area contributed by atoms with Gasteiger partial charge in [-0.2, -0.15) is 0 Å². The van der Waals surface area contributed by atoms with Crippen molar-refractivity contribution < 1.29 is 23.8 Å². The number of ether oxygens (including phenoxy) is 3. The van der Waals surface area contributed by atoms with E-state index in [2.05, 4.69) is 10.2 Å². The Labute approximate surface area is 217 Å². The van der Waals surface area contributed by atoms with Crippen molar-refractivity contribution in [1.29, 1.82) is 0 Å². The number of hydrogen-bond acceptors (Lipinski definition) is 6. The molecular weight excluding hydrogens is 468 g/mol. The number of fused-ring (bicyclic) bond motifs is 3. The molecule has 0 spiro atoms. The Morgan fingerprint density at radius 3 is 2.35 bits per heavy atom. The Bertz CT molecular complexity index is 1210. The monoisotopic (exact) mass is 500 g/mol. The molecule has 3 aliphatic heterocycles. The van der Waals surface area contributed by atoms with Gasteiger partial charge in [-0.15, -0.1) is 0 Å². The van der Waals surface area contributed by atoms with Gasteiger partial charge in [-0.05, 0) is 72.8 Å². The molecule has 3 heterocycles. The van der Waals surface area contributed by atoms with E-state index < -0.39 is 6.09 Å². The quantitative estimate of drug-likeness (QED) is 0.441. The number of amides is 1. The van der Waals surface area contributed by atoms with Crippen LogP contribution < -0.4 is 10.1 Å². The Kier molecular flexibility index (Phi) is 7.70. The van der Waals surface area contributed by atoms with Crippen LogP contribution in [0.3, 0.4) is 0 Å². The zero-order valence-corrected chi connectivity index (χ0v) is 21.0. The third-order valence-electron chi connectivity index (χ3n) is 7.22. The Morgan fingerprint density at radius 1 is 0.946 bits per heavy atom. The van der Waals surface area contributed by atoms with E-state index in [1.54, 1.807) is 12.1 Å². The molecule has 3 aromatic rings. The molecule has 192 valence electrons. The predicted octanol–water partition coefficient (Wildman–Crippen LogP) is 4.96. The number of methoxy groups -OCH3 is 1. The van der Waals surface area contributed by atoms with Crippen LogP contribution in [0.2, 0.25) is 0 Å². The van der Waals surface area contributed by atoms with Gasteiger partial charge in [0.25, 0.3) is 0 Å². The molecule has 3 aromatic carbocycles. The molecule has 0 saturated carbocycles. The smallest absolute Gasteiger partial charge is 0.408 e. The molecule has 3 fully saturated rings. The zero-order chi connectivity index (χ0) is 25.6. The van der Waals surface area contributed by atoms with Crippen molar-refractivity contribution in [2.75, 3.05) is 26.7 Å². The zero-order valence-electron chi connectivity index (χ0n) is 21.0. The molecule has 1 unspecified atom stereocenters. The van der Waals surface area contributed by atoms with Gasteiger partial charge in [-0.1, -0.05) is 54.6 Å². The first-order valence-electron chi connectivity index (χ1n) is 12.7. The minimum absolute atomic E-state index is 0.0563. The van der Waals surface area contributed by atoms with E-state index in [0.29, 0.717) is 23.8 Å². The van der Waals surface area contributed by atoms with Crippen LogP contribution >= 0.6 is 0 Å². The first-order chi connectivity index (χ1) is 18.1. The van der Waals surface area contributed by atoms with E-state index in [-0.39, 0.29) is 18.1 Å². The largest absolute Gasteiger partial charge is 0.489 e. The second kappa shape index (κ2) is 11.5. The second-order valence-corrected chi connectivity index (χ2v) is 9.62. The summed E-state index contributed by atoms with van der Waals surface area (Å²) in [6.07, 6.45) is 1.72. The highest BCUT2D eigenvalue weighted by atomic mass is 16.6. The van der Waals surface area contributed by atoms with E-state index >= 15 is 0 Å². The van der Waals surface area contributed by atoms with Crippen molar-refractivity contribution >= 4 is 12.1 Å². The Balaban J connectivity index is 1.27. The van der Waals surface area contributed by atoms with Gasteiger partial charge in [-0.3, -0.25) is 4.90 Å². The molecule has 0 aromatic heterocycles. The SMILES string of the molecule is COC(=O)c1ccc(COc2cccc(C(NC(=O)O[C@H]3CN4CCC3CC4)c3ccccc3)c2)cc1. The molecule has 3 saturated heterocycles. The van der Waals surface area contributed by atoms with Crippen LogP contribution in [0.4, 0.5) is 4.79 Å². The summed E-state index contributed by atoms with van der Waals surface area (Å²) >= 11 is 0. The predicted molar refractivity (Wildman–Crippen MR) is 139 cm³/mol. The van der Waals surface area contributed by atoms with Crippen LogP contribution in [-0.4, -0.2) is 49.8 Å². The number of hydrogen-bond donors (Lipinski definition) is 1. The van der Waals surface area contributed by atoms with E-state index in [4.69, 9.17) is 14.2 Å². The third-order valence-corrected chi connectivity index (χ3v) is 7.22. The molecule has 37 heavy (non-hydrogen) atoms. The number of nitrogens with zero attached hydrogens (tertiary/aromatic N) is 1. The maximum Gasteiger partial charge on any atom is 0.408 e. The van der Waals surface area contributed by atoms with Crippen LogP contribution in [0.25, 0.3) is 0 Å². The van der Waals surface area contributed by atoms with Gasteiger partial charge in [0.15, 0.2) is 0 Å². The first kappa shape index (κ1) is 24.8. The summed E-state index contributed by atoms with van der Waals surface area (Å²) in [5.74, 6) is 0.763. The van der Waals surface area contributed by atoms with Crippen molar-refractivity contribution in [3.8, 4) is 5.75 Å². The molecule has 1 N–H and O–H groups in total. The highest BCUT2D eigenvalue weighted by Crippen LogP contribution is 2.30. The molecule has 2 atom stereocenters. The lowest BCUT2D eigenvalue weighted by Gasteiger charge is -2.43. The number of alkyl carbamates (subject to hydrolysis) is 1. The highest BCUT2D eigenvalue weighted by molar-refractivity contribution is 5.89. The Hall–Kier alpha value is -3.84. The van der Waals surface area contributed by atoms with E-state index in [1.165, 1.54) is 7.11 Å². The topological polar surface area (TPSA) is 77.1 Å². The average Bonchev–Trinajstić information content (AvgIpc) is 2.96. The van der Waals surface area contributed by atoms with Crippen molar-refractivity contribution in [2.45, 2.75) is 31.6 Å². The average molecular weight is 501 g/mol. The molecule has 0 aliphatic carbocycles. The van der Waals surface area contributed by atoms with E-state index in [0.717, 1.165) is 49.2 Å². The number of benzene rings is 3. The van der Waals surface area contributed by atoms with Crippen molar-refractivity contribution in [1.82, 2.24) is 10.2 Å². The van der Waals surface area contributed by atoms with Gasteiger partial charge in [0.2, 0.25) is 0 Å². The van der Waals surface area contributed by atoms with Crippen LogP contribution in [0.5, 0.6) is 5.75 Å². The number of esters is 1. The summed E-state index contributed by atoms with van der Waals surface area (Å²) in [7, 11) is 1.36. The van der Waals surface area contributed by atoms with Crippen LogP contribution in [0.15, 0.2) is 78.9 Å². The maximum atomic E-state index is 13.0. The van der Waals surface area contributed by atoms with Crippen molar-refractivity contribution in [3.05, 3.63) is 101 Å². The molecule has 2 bridgehead atoms. The summed E-state index contributed by atoms with van der Waals surface area (Å²) in [6, 6.07) is 24.3. The fourth-order valence-electron chi connectivity index (χ4n) is 5.14. The number of piperidine rings is 3. The summed E-state index contributed by atoms with van der Waals surface area (Å²) in [4.78, 5) is 27.0. The molecular formula is C30H32N2O5. The van der Waals surface area contributed by atoms with Crippen LogP contribution in [0, 0.1) is 5.92 Å². The molecule has 7 nitrogen and oxygen atoms in total. The minimum Gasteiger partial charge on any atom is -0.489 e. The first-order valence-corrected chi connectivity index (χ1v) is 12.7. The lowest BCUT2D eigenvalue weighted by atomic mass is 9.86. The number of nitrogens with one attached hydrogen (secondary N) is 1. The fourth-order valence-corrected chi connectivity index (χ4v) is 5.14. The Morgan fingerprint density at radius 2 is 1.68 bits per heavy atom. The third kappa shape index (κ3) is 6.12. The van der Waals surface area contributed by atoms with Gasteiger partial charge < -0.3 is 19.5 Å². The van der Waals surface area contributed by atoms with Crippen molar-refractivity contribution in [3.63, 3.8) is 0 Å². The lowest BCUT2D eigenvalue weighted by molar-refractivity contribution is -0.0336. The number of carbonyl (C=O) groups is 2. The second-order valence-electron chi connectivity index (χ2n) is 9.62. The highest BCUT2D eigenvalue weighted by Gasteiger charge is 2.36. The van der Waals surface area contributed by atoms with Gasteiger partial charge in [0, 0.05) is 6.54 Å². The summed E-state index contributed by atoms with van der Waals surface area (Å²) in [6.45, 7) is 3.36. The van der Waals surface area contributed by atoms with Crippen molar-refractivity contribution in [2.24, 2.45) is 5.92 Å². The summed E-state index contributed by atoms with van der Waals surface area (Å²) in [5.41, 5.74) is 3.28. The number of carbonyl (C=O) groups excluding carboxylic acids is 2. The van der Waals surface area contributed by atoms with Gasteiger partial charge in [0.1, 0.15) is 18.5 Å². The fraction of sp³-hybridized carbons (Fsp3) is 0.333. The summed E-state index contributed by atoms with van der Waals surface area (Å²) < 4.78 is 16.7. The van der Waals surface area contributed by atoms with Crippen LogP contribution in [-0.2, 0) is 16.1 Å². The number of rotatable bonds is 8. The molecule has 6 rings (SSSR count). The normalized spacial score (nSPS) is 21.1. The molecule has 0 radical (unpaired) electrons. The minimum atomic E-state index is -0.398. The van der Waals surface area contributed by atoms with E-state index in [1.807, 2.05) is 66.7 Å². The molecule has 1 amide bonds. The van der Waals surface area contributed by atoms with Gasteiger partial charge in [0.05, 0.1) is 18.7 Å². The van der Waals surface area contributed by atoms with E-state index in [9.17, 15) is 9.59 Å². The standard InChI is InChI=1S/C30H32N2O5/c1-35-29(33)24-12-10-21(11-13-24)20-36-26-9-5-8-25(18-26)28(23-6-3-2-4-7-23)31-30(34)37-27-19-32-16-14-22(27)15-17-32/h2-13,18,22,27-28H,14-17,19-20H2,1H3,(H,31,34)/t27-,28?/m0/s1. The van der Waals surface area contributed by atoms with Gasteiger partial charge >= 0.3 is 12.1 Å².